The van der Waals surface area contributed by atoms with Crippen molar-refractivity contribution in [2.75, 3.05) is 20.8 Å². The molecule has 1 aromatic rings. The Balaban J connectivity index is 2.83. The van der Waals surface area contributed by atoms with Crippen LogP contribution in [0.3, 0.4) is 0 Å². The van der Waals surface area contributed by atoms with E-state index in [2.05, 4.69) is 15.8 Å². The van der Waals surface area contributed by atoms with Gasteiger partial charge in [0.15, 0.2) is 16.6 Å². The molecule has 104 valence electrons. The van der Waals surface area contributed by atoms with Gasteiger partial charge in [-0.3, -0.25) is 5.43 Å². The van der Waals surface area contributed by atoms with E-state index in [1.165, 1.54) is 0 Å². The van der Waals surface area contributed by atoms with Gasteiger partial charge in [0.05, 0.1) is 25.5 Å². The Hall–Kier alpha value is -1.53. The zero-order valence-electron chi connectivity index (χ0n) is 11.0. The molecule has 7 heteroatoms. The van der Waals surface area contributed by atoms with Crippen molar-refractivity contribution in [2.45, 2.75) is 6.92 Å². The summed E-state index contributed by atoms with van der Waals surface area (Å²) < 4.78 is 10.3. The highest BCUT2D eigenvalue weighted by Crippen LogP contribution is 2.32. The summed E-state index contributed by atoms with van der Waals surface area (Å²) in [4.78, 5) is 0. The molecule has 1 aromatic carbocycles. The van der Waals surface area contributed by atoms with Crippen LogP contribution in [0, 0.1) is 0 Å². The van der Waals surface area contributed by atoms with Gasteiger partial charge in [-0.25, -0.2) is 0 Å². The lowest BCUT2D eigenvalue weighted by Gasteiger charge is -2.09. The Morgan fingerprint density at radius 2 is 2.00 bits per heavy atom. The Bertz CT molecular complexity index is 480. The van der Waals surface area contributed by atoms with Gasteiger partial charge in [-0.2, -0.15) is 5.10 Å². The summed E-state index contributed by atoms with van der Waals surface area (Å²) in [7, 11) is 3.11. The molecule has 0 heterocycles. The van der Waals surface area contributed by atoms with Crippen molar-refractivity contribution in [1.82, 2.24) is 10.7 Å². The lowest BCUT2D eigenvalue weighted by molar-refractivity contribution is 0.355. The second-order valence-electron chi connectivity index (χ2n) is 3.46. The summed E-state index contributed by atoms with van der Waals surface area (Å²) in [5, 5.41) is 7.87. The van der Waals surface area contributed by atoms with Crippen LogP contribution in [0.15, 0.2) is 17.2 Å². The summed E-state index contributed by atoms with van der Waals surface area (Å²) in [6.45, 7) is 2.68. The zero-order chi connectivity index (χ0) is 14.3. The van der Waals surface area contributed by atoms with E-state index in [0.29, 0.717) is 27.2 Å². The molecular weight excluding hydrogens is 286 g/mol. The van der Waals surface area contributed by atoms with E-state index in [4.69, 9.17) is 33.3 Å². The third-order valence-corrected chi connectivity index (χ3v) is 2.77. The van der Waals surface area contributed by atoms with Gasteiger partial charge in [0.25, 0.3) is 0 Å². The van der Waals surface area contributed by atoms with Gasteiger partial charge in [0.2, 0.25) is 0 Å². The zero-order valence-corrected chi connectivity index (χ0v) is 12.6. The van der Waals surface area contributed by atoms with Crippen LogP contribution < -0.4 is 20.2 Å². The SMILES string of the molecule is CCNC(=S)N/N=C\c1cc(OC)c(OC)cc1Cl. The molecule has 0 saturated carbocycles. The molecule has 0 amide bonds. The molecule has 0 fully saturated rings. The van der Waals surface area contributed by atoms with Crippen molar-refractivity contribution in [3.63, 3.8) is 0 Å². The summed E-state index contributed by atoms with van der Waals surface area (Å²) in [5.41, 5.74) is 3.38. The third-order valence-electron chi connectivity index (χ3n) is 2.21. The molecule has 0 radical (unpaired) electrons. The minimum Gasteiger partial charge on any atom is -0.493 e. The molecule has 19 heavy (non-hydrogen) atoms. The van der Waals surface area contributed by atoms with E-state index in [0.717, 1.165) is 6.54 Å². The predicted molar refractivity (Wildman–Crippen MR) is 81.6 cm³/mol. The fourth-order valence-corrected chi connectivity index (χ4v) is 1.73. The maximum absolute atomic E-state index is 6.11. The van der Waals surface area contributed by atoms with Crippen molar-refractivity contribution in [2.24, 2.45) is 5.10 Å². The van der Waals surface area contributed by atoms with Crippen LogP contribution in [0.5, 0.6) is 11.5 Å². The minimum absolute atomic E-state index is 0.454. The van der Waals surface area contributed by atoms with E-state index in [-0.39, 0.29) is 0 Å². The first-order valence-electron chi connectivity index (χ1n) is 5.60. The van der Waals surface area contributed by atoms with Gasteiger partial charge in [-0.05, 0) is 25.2 Å². The summed E-state index contributed by atoms with van der Waals surface area (Å²) in [5.74, 6) is 1.16. The number of nitrogens with one attached hydrogen (secondary N) is 2. The smallest absolute Gasteiger partial charge is 0.186 e. The molecule has 1 rings (SSSR count). The quantitative estimate of drug-likeness (QED) is 0.496. The van der Waals surface area contributed by atoms with Crippen LogP contribution in [-0.2, 0) is 0 Å². The van der Waals surface area contributed by atoms with Crippen molar-refractivity contribution in [3.05, 3.63) is 22.7 Å². The third kappa shape index (κ3) is 4.57. The van der Waals surface area contributed by atoms with E-state index in [1.807, 2.05) is 6.92 Å². The van der Waals surface area contributed by atoms with Gasteiger partial charge in [-0.1, -0.05) is 11.6 Å². The molecule has 0 atom stereocenters. The standard InChI is InChI=1S/C12H16ClN3O2S/c1-4-14-12(19)16-15-7-8-5-10(17-2)11(18-3)6-9(8)13/h5-7H,4H2,1-3H3,(H2,14,16,19)/b15-7-. The molecule has 0 bridgehead atoms. The number of benzene rings is 1. The molecule has 0 saturated heterocycles. The topological polar surface area (TPSA) is 54.9 Å². The number of hydrogen-bond acceptors (Lipinski definition) is 4. The highest BCUT2D eigenvalue weighted by Gasteiger charge is 2.08. The van der Waals surface area contributed by atoms with Gasteiger partial charge >= 0.3 is 0 Å². The number of halogens is 1. The fourth-order valence-electron chi connectivity index (χ4n) is 1.33. The Morgan fingerprint density at radius 3 is 2.58 bits per heavy atom. The Morgan fingerprint density at radius 1 is 1.37 bits per heavy atom. The molecule has 0 aliphatic rings. The first-order chi connectivity index (χ1) is 9.12. The van der Waals surface area contributed by atoms with Gasteiger partial charge in [0, 0.05) is 18.2 Å². The number of ether oxygens (including phenoxy) is 2. The number of hydrazone groups is 1. The lowest BCUT2D eigenvalue weighted by Crippen LogP contribution is -2.31. The fraction of sp³-hybridized carbons (Fsp3) is 0.333. The summed E-state index contributed by atoms with van der Waals surface area (Å²) >= 11 is 11.1. The van der Waals surface area contributed by atoms with Crippen LogP contribution in [0.1, 0.15) is 12.5 Å². The first-order valence-corrected chi connectivity index (χ1v) is 6.39. The molecule has 0 aliphatic heterocycles. The molecule has 5 nitrogen and oxygen atoms in total. The lowest BCUT2D eigenvalue weighted by atomic mass is 10.2. The second-order valence-corrected chi connectivity index (χ2v) is 4.27. The van der Waals surface area contributed by atoms with Crippen molar-refractivity contribution >= 4 is 35.1 Å². The molecule has 0 aromatic heterocycles. The maximum atomic E-state index is 6.11. The Labute approximate surface area is 122 Å². The van der Waals surface area contributed by atoms with Crippen LogP contribution in [-0.4, -0.2) is 32.1 Å². The molecule has 0 unspecified atom stereocenters. The van der Waals surface area contributed by atoms with Crippen LogP contribution in [0.4, 0.5) is 0 Å². The number of nitrogens with zero attached hydrogens (tertiary/aromatic N) is 1. The van der Waals surface area contributed by atoms with Crippen LogP contribution in [0.2, 0.25) is 5.02 Å². The normalized spacial score (nSPS) is 10.3. The largest absolute Gasteiger partial charge is 0.493 e. The van der Waals surface area contributed by atoms with E-state index in [1.54, 1.807) is 32.6 Å². The van der Waals surface area contributed by atoms with Gasteiger partial charge in [0.1, 0.15) is 0 Å². The van der Waals surface area contributed by atoms with E-state index >= 15 is 0 Å². The Kier molecular flexibility index (Phi) is 6.38. The number of thiocarbonyl (C=S) groups is 1. The molecule has 0 aliphatic carbocycles. The first kappa shape index (κ1) is 15.5. The number of methoxy groups -OCH3 is 2. The molecular formula is C12H16ClN3O2S. The number of rotatable bonds is 5. The summed E-state index contributed by atoms with van der Waals surface area (Å²) in [6, 6.07) is 3.41. The minimum atomic E-state index is 0.454. The summed E-state index contributed by atoms with van der Waals surface area (Å²) in [6.07, 6.45) is 1.56. The van der Waals surface area contributed by atoms with Crippen molar-refractivity contribution in [1.29, 1.82) is 0 Å². The monoisotopic (exact) mass is 301 g/mol. The van der Waals surface area contributed by atoms with Crippen molar-refractivity contribution < 1.29 is 9.47 Å². The average molecular weight is 302 g/mol. The molecule has 2 N–H and O–H groups in total. The van der Waals surface area contributed by atoms with Gasteiger partial charge in [-0.15, -0.1) is 0 Å². The molecule has 0 spiro atoms. The van der Waals surface area contributed by atoms with E-state index in [9.17, 15) is 0 Å². The second kappa shape index (κ2) is 7.81. The highest BCUT2D eigenvalue weighted by atomic mass is 35.5. The van der Waals surface area contributed by atoms with Crippen LogP contribution >= 0.6 is 23.8 Å². The maximum Gasteiger partial charge on any atom is 0.186 e. The predicted octanol–water partition coefficient (Wildman–Crippen LogP) is 2.18. The average Bonchev–Trinajstić information content (AvgIpc) is 2.40. The van der Waals surface area contributed by atoms with E-state index < -0.39 is 0 Å². The number of hydrogen-bond donors (Lipinski definition) is 2. The van der Waals surface area contributed by atoms with Crippen molar-refractivity contribution in [3.8, 4) is 11.5 Å². The highest BCUT2D eigenvalue weighted by molar-refractivity contribution is 7.80. The van der Waals surface area contributed by atoms with Gasteiger partial charge < -0.3 is 14.8 Å². The van der Waals surface area contributed by atoms with Crippen LogP contribution in [0.25, 0.3) is 0 Å².